The van der Waals surface area contributed by atoms with Crippen LogP contribution in [0.1, 0.15) is 40.2 Å². The number of nitrogen functional groups attached to an aromatic ring is 2. The zero-order valence-corrected chi connectivity index (χ0v) is 34.0. The van der Waals surface area contributed by atoms with Crippen LogP contribution in [0.3, 0.4) is 0 Å². The van der Waals surface area contributed by atoms with Crippen molar-refractivity contribution in [1.82, 2.24) is 39.0 Å². The third kappa shape index (κ3) is 6.61. The van der Waals surface area contributed by atoms with Gasteiger partial charge < -0.3 is 48.9 Å². The Morgan fingerprint density at radius 1 is 0.632 bits per heavy atom. The fourth-order valence-corrected chi connectivity index (χ4v) is 22.4. The van der Waals surface area contributed by atoms with Crippen molar-refractivity contribution < 1.29 is 68.7 Å². The van der Waals surface area contributed by atoms with Crippen LogP contribution in [0.5, 0.6) is 0 Å². The van der Waals surface area contributed by atoms with E-state index < -0.39 is 116 Å². The van der Waals surface area contributed by atoms with E-state index in [1.807, 2.05) is 0 Å². The van der Waals surface area contributed by atoms with E-state index in [0.29, 0.717) is 22.3 Å². The molecule has 0 aromatic carbocycles. The molecular formula is C28H36N10O15P4. The minimum atomic E-state index is -4.68. The molecule has 4 aromatic heterocycles. The number of imidazole rings is 2. The Morgan fingerprint density at radius 3 is 1.46 bits per heavy atom. The molecule has 6 aliphatic rings. The van der Waals surface area contributed by atoms with Gasteiger partial charge in [0.1, 0.15) is 60.3 Å². The molecule has 0 spiro atoms. The number of hydrogen-bond acceptors (Lipinski definition) is 23. The van der Waals surface area contributed by atoms with Crippen LogP contribution in [-0.4, -0.2) is 112 Å². The molecule has 29 heteroatoms. The van der Waals surface area contributed by atoms with E-state index in [1.54, 1.807) is 36.8 Å². The number of hydrogen-bond donors (Lipinski definition) is 2. The Bertz CT molecular complexity index is 2310. The van der Waals surface area contributed by atoms with Crippen molar-refractivity contribution in [3.8, 4) is 0 Å². The zero-order valence-electron chi connectivity index (χ0n) is 30.4. The van der Waals surface area contributed by atoms with E-state index in [0.717, 1.165) is 0 Å². The van der Waals surface area contributed by atoms with Gasteiger partial charge in [-0.25, -0.2) is 42.8 Å². The molecule has 308 valence electrons. The predicted molar refractivity (Wildman–Crippen MR) is 190 cm³/mol. The number of aromatic nitrogens is 8. The Hall–Kier alpha value is -2.82. The van der Waals surface area contributed by atoms with Crippen molar-refractivity contribution in [2.24, 2.45) is 0 Å². The molecular weight excluding hydrogens is 840 g/mol. The van der Waals surface area contributed by atoms with Crippen LogP contribution in [0.15, 0.2) is 25.3 Å². The summed E-state index contributed by atoms with van der Waals surface area (Å²) in [6.07, 6.45) is -1.04. The van der Waals surface area contributed by atoms with Crippen molar-refractivity contribution in [2.45, 2.75) is 88.3 Å². The molecule has 0 amide bonds. The number of nitrogens with zero attached hydrogens (tertiary/aromatic N) is 8. The van der Waals surface area contributed by atoms with Gasteiger partial charge in [-0.3, -0.25) is 27.4 Å². The van der Waals surface area contributed by atoms with Gasteiger partial charge in [-0.2, -0.15) is 0 Å². The summed E-state index contributed by atoms with van der Waals surface area (Å²) in [5, 5.41) is 0. The van der Waals surface area contributed by atoms with Crippen LogP contribution in [0.25, 0.3) is 22.3 Å². The number of anilines is 2. The molecule has 6 saturated heterocycles. The Labute approximate surface area is 321 Å². The van der Waals surface area contributed by atoms with Crippen molar-refractivity contribution >= 4 is 64.3 Å². The maximum absolute atomic E-state index is 14.1. The number of fused-ring (bicyclic) bond motifs is 6. The first-order valence-electron chi connectivity index (χ1n) is 17.5. The van der Waals surface area contributed by atoms with Crippen molar-refractivity contribution in [3.05, 3.63) is 25.3 Å². The second-order valence-corrected chi connectivity index (χ2v) is 24.6. The second kappa shape index (κ2) is 12.8. The number of rotatable bonds is 8. The lowest BCUT2D eigenvalue weighted by Gasteiger charge is -2.39. The van der Waals surface area contributed by atoms with Gasteiger partial charge >= 0.3 is 30.4 Å². The first-order valence-corrected chi connectivity index (χ1v) is 24.4. The van der Waals surface area contributed by atoms with Gasteiger partial charge in [0, 0.05) is 0 Å². The third-order valence-electron chi connectivity index (χ3n) is 9.88. The van der Waals surface area contributed by atoms with Gasteiger partial charge in [0.15, 0.2) is 58.8 Å². The van der Waals surface area contributed by atoms with Crippen LogP contribution in [0.2, 0.25) is 0 Å². The van der Waals surface area contributed by atoms with E-state index in [9.17, 15) is 18.3 Å². The fourth-order valence-electron chi connectivity index (χ4n) is 7.83. The molecule has 0 saturated carbocycles. The van der Waals surface area contributed by atoms with Crippen LogP contribution in [-0.2, 0) is 68.7 Å². The van der Waals surface area contributed by atoms with Crippen LogP contribution >= 0.6 is 30.4 Å². The summed E-state index contributed by atoms with van der Waals surface area (Å²) in [5.41, 5.74) is 13.4. The van der Waals surface area contributed by atoms with Crippen molar-refractivity contribution in [1.29, 1.82) is 0 Å². The summed E-state index contributed by atoms with van der Waals surface area (Å²) in [6.45, 7) is 5.93. The van der Waals surface area contributed by atoms with E-state index in [2.05, 4.69) is 29.9 Å². The highest BCUT2D eigenvalue weighted by molar-refractivity contribution is 7.91. The van der Waals surface area contributed by atoms with Gasteiger partial charge in [-0.05, 0) is 27.7 Å². The largest absolute Gasteiger partial charge is 0.382 e. The van der Waals surface area contributed by atoms with Gasteiger partial charge in [0.05, 0.1) is 25.9 Å². The van der Waals surface area contributed by atoms with Crippen LogP contribution in [0.4, 0.5) is 11.6 Å². The summed E-state index contributed by atoms with van der Waals surface area (Å²) in [6, 6.07) is 0. The molecule has 6 aliphatic heterocycles. The normalized spacial score (nSPS) is 41.8. The molecule has 12 atom stereocenters. The van der Waals surface area contributed by atoms with Gasteiger partial charge in [0.2, 0.25) is 0 Å². The van der Waals surface area contributed by atoms with Crippen molar-refractivity contribution in [2.75, 3.05) is 36.5 Å². The summed E-state index contributed by atoms with van der Waals surface area (Å²) in [5.74, 6) is -3.81. The topological polar surface area (TPSA) is 309 Å². The lowest BCUT2D eigenvalue weighted by molar-refractivity contribution is -0.199. The molecule has 0 aliphatic carbocycles. The Balaban J connectivity index is 0.833. The third-order valence-corrected chi connectivity index (χ3v) is 22.5. The zero-order chi connectivity index (χ0) is 39.9. The molecule has 10 rings (SSSR count). The highest BCUT2D eigenvalue weighted by Gasteiger charge is 2.65. The van der Waals surface area contributed by atoms with Crippen molar-refractivity contribution in [3.63, 3.8) is 0 Å². The maximum atomic E-state index is 14.1. The maximum Gasteiger partial charge on any atom is 0.357 e. The minimum absolute atomic E-state index is 0.164. The van der Waals surface area contributed by atoms with Gasteiger partial charge in [-0.15, -0.1) is 0 Å². The van der Waals surface area contributed by atoms with Gasteiger partial charge in [0.25, 0.3) is 0 Å². The molecule has 4 aromatic rings. The molecule has 4 N–H and O–H groups in total. The molecule has 57 heavy (non-hydrogen) atoms. The molecule has 10 heterocycles. The monoisotopic (exact) mass is 876 g/mol. The standard InChI is InChI=1S/C28H36N10O15P4/c1-27(2)47-17-13(45-25(19(17)49-27)37-9-35-15-21(29)31-7-33-23(15)37)5-43-54(39)11-56(41)52-55(40,12-57(42,51-54)53-56)44-6-14-18-20(50-28(3,4)48-18)26(46-14)38-10-36-16-22(30)32-8-34-24(16)38/h7-10,13-14,17-20,25-26H,5-6,11-12H2,1-4H3,(H2,29,31,33)(H2,30,32,34)/t13-,14-,17?,18?,19?,20?,25-,26-,54?,55?,56?,57?/m1/s1. The second-order valence-electron chi connectivity index (χ2n) is 15.0. The van der Waals surface area contributed by atoms with E-state index in [1.165, 1.54) is 25.3 Å². The summed E-state index contributed by atoms with van der Waals surface area (Å²) in [7, 11) is -18.4. The average molecular weight is 877 g/mol. The SMILES string of the molecule is CC1(C)OC2C(O1)[C@@H](COP1(=O)CP3(=O)OP(=O)(OC[C@H]4O[C@@H](n5cnc6c(N)ncnc65)C5OC(C)(C)OC54)CP(=O)(O1)O3)O[C@H]2n1cnc2c(N)ncnc21. The summed E-state index contributed by atoms with van der Waals surface area (Å²) >= 11 is 0. The van der Waals surface area contributed by atoms with Crippen LogP contribution in [0, 0.1) is 0 Å². The number of ether oxygens (including phenoxy) is 6. The molecule has 0 radical (unpaired) electrons. The highest BCUT2D eigenvalue weighted by atomic mass is 31.3. The summed E-state index contributed by atoms with van der Waals surface area (Å²) < 4.78 is 124. The predicted octanol–water partition coefficient (Wildman–Crippen LogP) is 3.46. The van der Waals surface area contributed by atoms with E-state index >= 15 is 0 Å². The van der Waals surface area contributed by atoms with E-state index in [4.69, 9.17) is 61.9 Å². The van der Waals surface area contributed by atoms with Crippen LogP contribution < -0.4 is 11.5 Å². The smallest absolute Gasteiger partial charge is 0.357 e. The average Bonchev–Trinajstić information content (AvgIpc) is 3.93. The molecule has 2 bridgehead atoms. The molecule has 6 fully saturated rings. The van der Waals surface area contributed by atoms with E-state index in [-0.39, 0.29) is 11.6 Å². The fraction of sp³-hybridized carbons (Fsp3) is 0.643. The highest BCUT2D eigenvalue weighted by Crippen LogP contribution is 2.91. The number of nitrogens with two attached hydrogens (primary N) is 2. The minimum Gasteiger partial charge on any atom is -0.382 e. The first-order chi connectivity index (χ1) is 26.8. The molecule has 8 unspecified atom stereocenters. The summed E-state index contributed by atoms with van der Waals surface area (Å²) in [4.78, 5) is 25.1. The lowest BCUT2D eigenvalue weighted by atomic mass is 10.1. The Morgan fingerprint density at radius 2 is 1.04 bits per heavy atom. The quantitative estimate of drug-likeness (QED) is 0.239. The molecule has 25 nitrogen and oxygen atoms in total. The van der Waals surface area contributed by atoms with Gasteiger partial charge in [-0.1, -0.05) is 0 Å². The first kappa shape index (κ1) is 38.4. The lowest BCUT2D eigenvalue weighted by Crippen LogP contribution is -2.33. The Kier molecular flexibility index (Phi) is 8.65.